The molecule has 0 aliphatic carbocycles. The molecule has 0 aliphatic rings. The smallest absolute Gasteiger partial charge is 0.163 e. The van der Waals surface area contributed by atoms with Crippen LogP contribution in [0.4, 0.5) is 0 Å². The van der Waals surface area contributed by atoms with Gasteiger partial charge in [-0.2, -0.15) is 0 Å². The van der Waals surface area contributed by atoms with E-state index in [9.17, 15) is 10.2 Å². The molecule has 2 unspecified atom stereocenters. The van der Waals surface area contributed by atoms with Crippen LogP contribution in [0.25, 0.3) is 0 Å². The zero-order chi connectivity index (χ0) is 22.7. The molecule has 0 spiro atoms. The van der Waals surface area contributed by atoms with E-state index >= 15 is 0 Å². The first-order chi connectivity index (χ1) is 14.8. The lowest BCUT2D eigenvalue weighted by molar-refractivity contribution is -0.226. The minimum Gasteiger partial charge on any atom is -0.491 e. The predicted molar refractivity (Wildman–Crippen MR) is 114 cm³/mol. The summed E-state index contributed by atoms with van der Waals surface area (Å²) in [4.78, 5) is 0. The molecular weight excluding hydrogens is 404 g/mol. The van der Waals surface area contributed by atoms with E-state index in [0.29, 0.717) is 24.7 Å². The Hall–Kier alpha value is -2.20. The Balaban J connectivity index is 1.75. The van der Waals surface area contributed by atoms with Gasteiger partial charge in [0.1, 0.15) is 36.9 Å². The summed E-state index contributed by atoms with van der Waals surface area (Å²) in [6.45, 7) is 3.78. The topological polar surface area (TPSA) is 118 Å². The summed E-state index contributed by atoms with van der Waals surface area (Å²) < 4.78 is 22.5. The van der Waals surface area contributed by atoms with E-state index in [1.807, 2.05) is 38.1 Å². The zero-order valence-electron chi connectivity index (χ0n) is 17.9. The van der Waals surface area contributed by atoms with Gasteiger partial charge in [0.15, 0.2) is 5.79 Å². The van der Waals surface area contributed by atoms with Crippen molar-refractivity contribution >= 4 is 0 Å². The lowest BCUT2D eigenvalue weighted by Crippen LogP contribution is -2.28. The van der Waals surface area contributed by atoms with Gasteiger partial charge < -0.3 is 39.4 Å². The normalized spacial score (nSPS) is 13.6. The van der Waals surface area contributed by atoms with Crippen molar-refractivity contribution in [3.05, 3.63) is 59.7 Å². The number of hydrogen-bond donors (Lipinski definition) is 4. The third kappa shape index (κ3) is 9.65. The molecule has 4 N–H and O–H groups in total. The largest absolute Gasteiger partial charge is 0.491 e. The van der Waals surface area contributed by atoms with Crippen molar-refractivity contribution in [2.24, 2.45) is 0 Å². The summed E-state index contributed by atoms with van der Waals surface area (Å²) in [6, 6.07) is 14.6. The molecule has 8 nitrogen and oxygen atoms in total. The van der Waals surface area contributed by atoms with Gasteiger partial charge in [0.05, 0.1) is 26.4 Å². The monoisotopic (exact) mass is 436 g/mol. The number of aliphatic hydroxyl groups excluding tert-OH is 4. The maximum Gasteiger partial charge on any atom is 0.163 e. The summed E-state index contributed by atoms with van der Waals surface area (Å²) in [5.41, 5.74) is 1.89. The second kappa shape index (κ2) is 12.6. The van der Waals surface area contributed by atoms with Gasteiger partial charge >= 0.3 is 0 Å². The van der Waals surface area contributed by atoms with Crippen LogP contribution in [0.15, 0.2) is 48.5 Å². The Morgan fingerprint density at radius 1 is 0.677 bits per heavy atom. The van der Waals surface area contributed by atoms with Crippen molar-refractivity contribution in [2.75, 3.05) is 26.4 Å². The van der Waals surface area contributed by atoms with Crippen molar-refractivity contribution in [2.45, 2.75) is 45.1 Å². The lowest BCUT2D eigenvalue weighted by Gasteiger charge is -2.26. The van der Waals surface area contributed by atoms with Crippen molar-refractivity contribution < 1.29 is 39.4 Å². The molecule has 0 saturated heterocycles. The van der Waals surface area contributed by atoms with E-state index in [4.69, 9.17) is 29.2 Å². The Kier molecular flexibility index (Phi) is 10.2. The highest BCUT2D eigenvalue weighted by atomic mass is 16.7. The highest BCUT2D eigenvalue weighted by molar-refractivity contribution is 5.27. The van der Waals surface area contributed by atoms with E-state index in [2.05, 4.69) is 0 Å². The Bertz CT molecular complexity index is 682. The molecular formula is C23H32O8. The van der Waals surface area contributed by atoms with E-state index in [1.54, 1.807) is 24.3 Å². The van der Waals surface area contributed by atoms with Gasteiger partial charge in [0, 0.05) is 0 Å². The third-order valence-corrected chi connectivity index (χ3v) is 4.33. The predicted octanol–water partition coefficient (Wildman–Crippen LogP) is 1.62. The number of hydrogen-bond acceptors (Lipinski definition) is 8. The first-order valence-electron chi connectivity index (χ1n) is 10.1. The maximum absolute atomic E-state index is 9.31. The quantitative estimate of drug-likeness (QED) is 0.330. The first-order valence-corrected chi connectivity index (χ1v) is 10.1. The standard InChI is InChI=1S/C23H32O8/c1-23(2,30-13-17-3-7-21(8-4-17)28-15-19(26)11-24)31-14-18-5-9-22(10-6-18)29-16-20(27)12-25/h3-10,19-20,24-27H,11-16H2,1-2H3. The molecule has 0 bridgehead atoms. The van der Waals surface area contributed by atoms with Crippen molar-refractivity contribution in [1.82, 2.24) is 0 Å². The van der Waals surface area contributed by atoms with Crippen molar-refractivity contribution in [1.29, 1.82) is 0 Å². The van der Waals surface area contributed by atoms with Gasteiger partial charge in [-0.1, -0.05) is 24.3 Å². The molecule has 2 aromatic rings. The molecule has 0 radical (unpaired) electrons. The van der Waals surface area contributed by atoms with Gasteiger partial charge in [0.2, 0.25) is 0 Å². The summed E-state index contributed by atoms with van der Waals surface area (Å²) in [7, 11) is 0. The molecule has 2 atom stereocenters. The highest BCUT2D eigenvalue weighted by Crippen LogP contribution is 2.20. The second-order valence-corrected chi connectivity index (χ2v) is 7.56. The van der Waals surface area contributed by atoms with Crippen LogP contribution in [0.3, 0.4) is 0 Å². The van der Waals surface area contributed by atoms with Crippen LogP contribution in [0.5, 0.6) is 11.5 Å². The molecule has 0 aliphatic heterocycles. The maximum atomic E-state index is 9.31. The SMILES string of the molecule is CC(C)(OCc1ccc(OCC(O)CO)cc1)OCc1ccc(OCC(O)CO)cc1. The molecule has 8 heteroatoms. The molecule has 0 saturated carbocycles. The Labute approximate surface area is 182 Å². The fourth-order valence-electron chi connectivity index (χ4n) is 2.41. The van der Waals surface area contributed by atoms with Crippen LogP contribution in [-0.2, 0) is 22.7 Å². The van der Waals surface area contributed by atoms with E-state index in [-0.39, 0.29) is 26.4 Å². The van der Waals surface area contributed by atoms with Gasteiger partial charge in [0.25, 0.3) is 0 Å². The van der Waals surface area contributed by atoms with Gasteiger partial charge in [-0.15, -0.1) is 0 Å². The minimum atomic E-state index is -0.899. The number of aliphatic hydroxyl groups is 4. The molecule has 0 heterocycles. The van der Waals surface area contributed by atoms with Crippen LogP contribution in [0, 0.1) is 0 Å². The van der Waals surface area contributed by atoms with Crippen LogP contribution in [0.2, 0.25) is 0 Å². The average Bonchev–Trinajstić information content (AvgIpc) is 2.79. The number of ether oxygens (including phenoxy) is 4. The molecule has 2 rings (SSSR count). The lowest BCUT2D eigenvalue weighted by atomic mass is 10.2. The fraction of sp³-hybridized carbons (Fsp3) is 0.478. The van der Waals surface area contributed by atoms with Gasteiger partial charge in [-0.3, -0.25) is 0 Å². The number of rotatable bonds is 14. The third-order valence-electron chi connectivity index (χ3n) is 4.33. The first kappa shape index (κ1) is 25.1. The molecule has 31 heavy (non-hydrogen) atoms. The summed E-state index contributed by atoms with van der Waals surface area (Å²) >= 11 is 0. The van der Waals surface area contributed by atoms with Crippen molar-refractivity contribution in [3.8, 4) is 11.5 Å². The van der Waals surface area contributed by atoms with Crippen LogP contribution in [0.1, 0.15) is 25.0 Å². The second-order valence-electron chi connectivity index (χ2n) is 7.56. The summed E-state index contributed by atoms with van der Waals surface area (Å²) in [5.74, 6) is 0.399. The Morgan fingerprint density at radius 3 is 1.35 bits per heavy atom. The van der Waals surface area contributed by atoms with E-state index < -0.39 is 18.0 Å². The van der Waals surface area contributed by atoms with Crippen molar-refractivity contribution in [3.63, 3.8) is 0 Å². The summed E-state index contributed by atoms with van der Waals surface area (Å²) in [6.07, 6.45) is -1.80. The summed E-state index contributed by atoms with van der Waals surface area (Å²) in [5, 5.41) is 36.2. The van der Waals surface area contributed by atoms with E-state index in [0.717, 1.165) is 11.1 Å². The molecule has 2 aromatic carbocycles. The molecule has 0 aromatic heterocycles. The molecule has 0 fully saturated rings. The number of benzene rings is 2. The fourth-order valence-corrected chi connectivity index (χ4v) is 2.41. The van der Waals surface area contributed by atoms with Crippen LogP contribution in [-0.4, -0.2) is 64.8 Å². The minimum absolute atomic E-state index is 0.0327. The molecule has 172 valence electrons. The zero-order valence-corrected chi connectivity index (χ0v) is 17.9. The van der Waals surface area contributed by atoms with Crippen LogP contribution >= 0.6 is 0 Å². The van der Waals surface area contributed by atoms with Crippen LogP contribution < -0.4 is 9.47 Å². The van der Waals surface area contributed by atoms with E-state index in [1.165, 1.54) is 0 Å². The highest BCUT2D eigenvalue weighted by Gasteiger charge is 2.19. The van der Waals surface area contributed by atoms with Gasteiger partial charge in [-0.05, 0) is 49.2 Å². The average molecular weight is 437 g/mol. The Morgan fingerprint density at radius 2 is 1.03 bits per heavy atom. The van der Waals surface area contributed by atoms with Gasteiger partial charge in [-0.25, -0.2) is 0 Å². The molecule has 0 amide bonds.